The summed E-state index contributed by atoms with van der Waals surface area (Å²) >= 11 is 0. The molecule has 1 unspecified atom stereocenters. The highest BCUT2D eigenvalue weighted by molar-refractivity contribution is 7.92. The van der Waals surface area contributed by atoms with E-state index in [9.17, 15) is 8.42 Å². The molecule has 0 aliphatic carbocycles. The molecule has 0 saturated heterocycles. The fraction of sp³-hybridized carbons (Fsp3) is 0.357. The lowest BCUT2D eigenvalue weighted by molar-refractivity contribution is 0.430. The van der Waals surface area contributed by atoms with Crippen LogP contribution in [0.5, 0.6) is 0 Å². The second-order valence-corrected chi connectivity index (χ2v) is 6.68. The van der Waals surface area contributed by atoms with E-state index in [1.54, 1.807) is 13.8 Å². The second-order valence-electron chi connectivity index (χ2n) is 4.92. The molecule has 1 heterocycles. The Morgan fingerprint density at radius 3 is 2.45 bits per heavy atom. The summed E-state index contributed by atoms with van der Waals surface area (Å²) < 4.78 is 31.7. The molecule has 1 aromatic carbocycles. The summed E-state index contributed by atoms with van der Waals surface area (Å²) in [5, 5.41) is 3.74. The highest BCUT2D eigenvalue weighted by Crippen LogP contribution is 2.21. The molecule has 6 heteroatoms. The molecule has 0 radical (unpaired) electrons. The predicted octanol–water partition coefficient (Wildman–Crippen LogP) is 2.84. The molecule has 1 atom stereocenters. The Kier molecular flexibility index (Phi) is 4.13. The van der Waals surface area contributed by atoms with Crippen LogP contribution < -0.4 is 4.72 Å². The van der Waals surface area contributed by atoms with Gasteiger partial charge in [-0.15, -0.1) is 0 Å². The van der Waals surface area contributed by atoms with Crippen molar-refractivity contribution in [1.29, 1.82) is 0 Å². The molecule has 0 aliphatic heterocycles. The van der Waals surface area contributed by atoms with E-state index in [4.69, 9.17) is 4.52 Å². The largest absolute Gasteiger partial charge is 0.337 e. The van der Waals surface area contributed by atoms with Gasteiger partial charge in [-0.2, -0.15) is 0 Å². The van der Waals surface area contributed by atoms with Gasteiger partial charge >= 0.3 is 0 Å². The van der Waals surface area contributed by atoms with Gasteiger partial charge in [-0.25, -0.2) is 8.42 Å². The fourth-order valence-electron chi connectivity index (χ4n) is 1.90. The van der Waals surface area contributed by atoms with Gasteiger partial charge < -0.3 is 4.52 Å². The molecule has 0 fully saturated rings. The van der Waals surface area contributed by atoms with Crippen molar-refractivity contribution < 1.29 is 12.9 Å². The Labute approximate surface area is 119 Å². The first-order valence-corrected chi connectivity index (χ1v) is 8.02. The number of hydrogen-bond donors (Lipinski definition) is 1. The van der Waals surface area contributed by atoms with E-state index in [1.807, 2.05) is 37.3 Å². The van der Waals surface area contributed by atoms with Crippen molar-refractivity contribution in [2.75, 3.05) is 10.5 Å². The van der Waals surface area contributed by atoms with E-state index in [0.29, 0.717) is 11.3 Å². The number of nitrogens with one attached hydrogen (secondary N) is 1. The average Bonchev–Trinajstić information content (AvgIpc) is 2.71. The van der Waals surface area contributed by atoms with Crippen LogP contribution in [-0.4, -0.2) is 19.3 Å². The maximum Gasteiger partial charge on any atom is 0.241 e. The summed E-state index contributed by atoms with van der Waals surface area (Å²) in [7, 11) is -3.47. The highest BCUT2D eigenvalue weighted by Gasteiger charge is 2.20. The van der Waals surface area contributed by atoms with Crippen molar-refractivity contribution in [3.63, 3.8) is 0 Å². The topological polar surface area (TPSA) is 72.2 Å². The van der Waals surface area contributed by atoms with Crippen molar-refractivity contribution >= 4 is 15.9 Å². The molecule has 0 amide bonds. The minimum Gasteiger partial charge on any atom is -0.337 e. The van der Waals surface area contributed by atoms with E-state index >= 15 is 0 Å². The lowest BCUT2D eigenvalue weighted by Gasteiger charge is -2.12. The van der Waals surface area contributed by atoms with Crippen LogP contribution in [0.15, 0.2) is 34.9 Å². The molecule has 1 aromatic heterocycles. The summed E-state index contributed by atoms with van der Waals surface area (Å²) in [4.78, 5) is 0. The van der Waals surface area contributed by atoms with Crippen LogP contribution in [0.4, 0.5) is 5.88 Å². The van der Waals surface area contributed by atoms with E-state index in [1.165, 1.54) is 0 Å². The van der Waals surface area contributed by atoms with Gasteiger partial charge in [0.15, 0.2) is 0 Å². The molecular formula is C14H18N2O3S. The summed E-state index contributed by atoms with van der Waals surface area (Å²) in [5.74, 6) is 0.0942. The first kappa shape index (κ1) is 14.6. The third-order valence-corrected chi connectivity index (χ3v) is 4.68. The normalized spacial score (nSPS) is 13.2. The SMILES string of the molecule is Cc1noc(NS(=O)(=O)CC(C)c2ccccc2)c1C. The van der Waals surface area contributed by atoms with Crippen LogP contribution in [0, 0.1) is 13.8 Å². The Morgan fingerprint density at radius 1 is 1.25 bits per heavy atom. The number of hydrogen-bond acceptors (Lipinski definition) is 4. The predicted molar refractivity (Wildman–Crippen MR) is 78.2 cm³/mol. The van der Waals surface area contributed by atoms with Gasteiger partial charge in [0.25, 0.3) is 0 Å². The number of nitrogens with zero attached hydrogens (tertiary/aromatic N) is 1. The van der Waals surface area contributed by atoms with Gasteiger partial charge in [-0.05, 0) is 25.3 Å². The van der Waals surface area contributed by atoms with Crippen molar-refractivity contribution in [3.05, 3.63) is 47.2 Å². The fourth-order valence-corrected chi connectivity index (χ4v) is 3.31. The molecule has 108 valence electrons. The highest BCUT2D eigenvalue weighted by atomic mass is 32.2. The Bertz CT molecular complexity index is 678. The average molecular weight is 294 g/mol. The Balaban J connectivity index is 2.10. The van der Waals surface area contributed by atoms with E-state index in [2.05, 4.69) is 9.88 Å². The van der Waals surface area contributed by atoms with Gasteiger partial charge in [0.05, 0.1) is 11.4 Å². The van der Waals surface area contributed by atoms with Crippen LogP contribution >= 0.6 is 0 Å². The molecule has 20 heavy (non-hydrogen) atoms. The number of rotatable bonds is 5. The van der Waals surface area contributed by atoms with Gasteiger partial charge in [0.1, 0.15) is 0 Å². The Morgan fingerprint density at radius 2 is 1.90 bits per heavy atom. The monoisotopic (exact) mass is 294 g/mol. The van der Waals surface area contributed by atoms with Crippen molar-refractivity contribution in [1.82, 2.24) is 5.16 Å². The number of aryl methyl sites for hydroxylation is 1. The molecule has 5 nitrogen and oxygen atoms in total. The van der Waals surface area contributed by atoms with Crippen molar-refractivity contribution in [3.8, 4) is 0 Å². The molecule has 0 aliphatic rings. The lowest BCUT2D eigenvalue weighted by Crippen LogP contribution is -2.20. The van der Waals surface area contributed by atoms with Crippen molar-refractivity contribution in [2.45, 2.75) is 26.7 Å². The van der Waals surface area contributed by atoms with Gasteiger partial charge in [-0.3, -0.25) is 4.72 Å². The van der Waals surface area contributed by atoms with Crippen LogP contribution in [0.25, 0.3) is 0 Å². The second kappa shape index (κ2) is 5.66. The summed E-state index contributed by atoms with van der Waals surface area (Å²) in [5.41, 5.74) is 2.38. The zero-order valence-electron chi connectivity index (χ0n) is 11.8. The standard InChI is InChI=1S/C14H18N2O3S/c1-10(13-7-5-4-6-8-13)9-20(17,18)16-14-11(2)12(3)15-19-14/h4-8,10,16H,9H2,1-3H3. The summed E-state index contributed by atoms with van der Waals surface area (Å²) in [6.45, 7) is 5.42. The van der Waals surface area contributed by atoms with Gasteiger partial charge in [0.2, 0.25) is 15.9 Å². The minimum atomic E-state index is -3.47. The van der Waals surface area contributed by atoms with Crippen LogP contribution in [0.1, 0.15) is 29.7 Å². The maximum atomic E-state index is 12.1. The molecule has 0 spiro atoms. The first-order valence-electron chi connectivity index (χ1n) is 6.37. The summed E-state index contributed by atoms with van der Waals surface area (Å²) in [6.07, 6.45) is 0. The van der Waals surface area contributed by atoms with E-state index in [-0.39, 0.29) is 17.6 Å². The number of benzene rings is 1. The molecule has 0 bridgehead atoms. The Hall–Kier alpha value is -1.82. The zero-order chi connectivity index (χ0) is 14.8. The maximum absolute atomic E-state index is 12.1. The van der Waals surface area contributed by atoms with Gasteiger partial charge in [-0.1, -0.05) is 42.4 Å². The zero-order valence-corrected chi connectivity index (χ0v) is 12.6. The van der Waals surface area contributed by atoms with Crippen molar-refractivity contribution in [2.24, 2.45) is 0 Å². The molecule has 1 N–H and O–H groups in total. The van der Waals surface area contributed by atoms with Crippen LogP contribution in [0.3, 0.4) is 0 Å². The van der Waals surface area contributed by atoms with Crippen LogP contribution in [-0.2, 0) is 10.0 Å². The summed E-state index contributed by atoms with van der Waals surface area (Å²) in [6, 6.07) is 9.55. The van der Waals surface area contributed by atoms with E-state index in [0.717, 1.165) is 5.56 Å². The molecule has 2 rings (SSSR count). The third-order valence-electron chi connectivity index (χ3n) is 3.24. The third kappa shape index (κ3) is 3.39. The molecule has 0 saturated carbocycles. The number of sulfonamides is 1. The number of aromatic nitrogens is 1. The lowest BCUT2D eigenvalue weighted by atomic mass is 10.0. The first-order chi connectivity index (χ1) is 9.39. The van der Waals surface area contributed by atoms with Crippen LogP contribution in [0.2, 0.25) is 0 Å². The minimum absolute atomic E-state index is 0.00377. The molecular weight excluding hydrogens is 276 g/mol. The smallest absolute Gasteiger partial charge is 0.241 e. The molecule has 2 aromatic rings. The van der Waals surface area contributed by atoms with Gasteiger partial charge in [0, 0.05) is 5.56 Å². The quantitative estimate of drug-likeness (QED) is 0.920. The number of anilines is 1. The van der Waals surface area contributed by atoms with E-state index < -0.39 is 10.0 Å².